The van der Waals surface area contributed by atoms with Gasteiger partial charge in [-0.25, -0.2) is 14.3 Å². The fraction of sp³-hybridized carbons (Fsp3) is 0.308. The number of rotatable bonds is 13. The second-order valence-electron chi connectivity index (χ2n) is 13.4. The summed E-state index contributed by atoms with van der Waals surface area (Å²) < 4.78 is 13.4. The molecule has 3 aliphatic heterocycles. The number of aryl methyl sites for hydroxylation is 1. The quantitative estimate of drug-likeness (QED) is 0.0766. The van der Waals surface area contributed by atoms with Crippen molar-refractivity contribution in [3.63, 3.8) is 0 Å². The normalized spacial score (nSPS) is 18.2. The van der Waals surface area contributed by atoms with E-state index in [0.717, 1.165) is 4.90 Å². The molecule has 0 bridgehead atoms. The highest BCUT2D eigenvalue weighted by atomic mass is 32.2. The van der Waals surface area contributed by atoms with Gasteiger partial charge >= 0.3 is 24.0 Å². The van der Waals surface area contributed by atoms with Crippen molar-refractivity contribution in [3.05, 3.63) is 113 Å². The molecule has 20 heteroatoms. The molecule has 0 unspecified atom stereocenters. The van der Waals surface area contributed by atoms with Gasteiger partial charge in [-0.1, -0.05) is 84.6 Å². The second kappa shape index (κ2) is 18.0. The highest BCUT2D eigenvalue weighted by molar-refractivity contribution is 8.01. The number of piperazine rings is 1. The predicted octanol–water partition coefficient (Wildman–Crippen LogP) is 3.04. The third-order valence-electron chi connectivity index (χ3n) is 9.82. The molecule has 1 aromatic heterocycles. The number of thioether (sulfide) groups is 2. The van der Waals surface area contributed by atoms with E-state index in [2.05, 4.69) is 31.5 Å². The van der Waals surface area contributed by atoms with Crippen LogP contribution >= 0.6 is 23.5 Å². The number of benzene rings is 3. The van der Waals surface area contributed by atoms with Crippen molar-refractivity contribution >= 4 is 65.0 Å². The Kier molecular flexibility index (Phi) is 12.5. The molecule has 3 aliphatic rings. The molecule has 0 spiro atoms. The summed E-state index contributed by atoms with van der Waals surface area (Å²) in [5.41, 5.74) is 2.98. The van der Waals surface area contributed by atoms with Crippen molar-refractivity contribution in [1.29, 1.82) is 0 Å². The molecule has 306 valence electrons. The van der Waals surface area contributed by atoms with Gasteiger partial charge in [0.05, 0.1) is 0 Å². The van der Waals surface area contributed by atoms with Gasteiger partial charge in [-0.3, -0.25) is 29.0 Å². The summed E-state index contributed by atoms with van der Waals surface area (Å²) in [6, 6.07) is 21.6. The van der Waals surface area contributed by atoms with Crippen LogP contribution in [0.5, 0.6) is 0 Å². The van der Waals surface area contributed by atoms with Gasteiger partial charge in [0, 0.05) is 56.5 Å². The summed E-state index contributed by atoms with van der Waals surface area (Å²) in [6.45, 7) is 2.11. The topological polar surface area (TPSA) is 210 Å². The fourth-order valence-electron chi connectivity index (χ4n) is 6.69. The Labute approximate surface area is 347 Å². The van der Waals surface area contributed by atoms with Gasteiger partial charge in [-0.05, 0) is 46.2 Å². The van der Waals surface area contributed by atoms with E-state index in [1.54, 1.807) is 45.3 Å². The van der Waals surface area contributed by atoms with Gasteiger partial charge in [-0.15, -0.1) is 16.9 Å². The summed E-state index contributed by atoms with van der Waals surface area (Å²) in [5, 5.41) is 19.7. The minimum absolute atomic E-state index is 0.0299. The number of carbonyl (C=O) groups excluding carboxylic acids is 6. The van der Waals surface area contributed by atoms with Crippen molar-refractivity contribution in [2.45, 2.75) is 35.6 Å². The zero-order chi connectivity index (χ0) is 41.6. The van der Waals surface area contributed by atoms with Crippen molar-refractivity contribution in [1.82, 2.24) is 45.5 Å². The molecule has 59 heavy (non-hydrogen) atoms. The largest absolute Gasteiger partial charge is 0.516 e. The Bertz CT molecular complexity index is 2240. The van der Waals surface area contributed by atoms with Crippen LogP contribution < -0.4 is 16.0 Å². The number of imide groups is 1. The number of urea groups is 1. The van der Waals surface area contributed by atoms with Crippen LogP contribution in [0.3, 0.4) is 0 Å². The molecule has 0 saturated carbocycles. The molecular weight excluding hydrogens is 801 g/mol. The van der Waals surface area contributed by atoms with Crippen LogP contribution in [0.2, 0.25) is 0 Å². The SMILES string of the molecule is CCN1CCN(C(=O)N[C@@H](C(=O)N[C@@H]2C(=O)N3C(OC(=O)OC(c4ccccc4)c4ccccc4)=C(CSc4nnnn4C)CS[C@@H]23)c2cccc(NC)c2)C(=O)C1=O. The molecule has 4 heterocycles. The van der Waals surface area contributed by atoms with Gasteiger partial charge < -0.3 is 30.3 Å². The second-order valence-corrected chi connectivity index (χ2v) is 15.5. The molecule has 6 amide bonds. The maximum Gasteiger partial charge on any atom is 0.516 e. The lowest BCUT2D eigenvalue weighted by Crippen LogP contribution is -2.71. The van der Waals surface area contributed by atoms with Gasteiger partial charge in [0.2, 0.25) is 16.9 Å². The van der Waals surface area contributed by atoms with Crippen LogP contribution in [-0.2, 0) is 35.7 Å². The lowest BCUT2D eigenvalue weighted by Gasteiger charge is -2.49. The maximum absolute atomic E-state index is 14.2. The predicted molar refractivity (Wildman–Crippen MR) is 215 cm³/mol. The first kappa shape index (κ1) is 40.8. The average Bonchev–Trinajstić information content (AvgIpc) is 3.68. The molecule has 0 radical (unpaired) electrons. The fourth-order valence-corrected chi connectivity index (χ4v) is 8.99. The van der Waals surface area contributed by atoms with Crippen LogP contribution in [-0.4, -0.2) is 120 Å². The van der Waals surface area contributed by atoms with E-state index in [9.17, 15) is 28.8 Å². The highest BCUT2D eigenvalue weighted by Crippen LogP contribution is 2.42. The number of hydrogen-bond donors (Lipinski definition) is 3. The van der Waals surface area contributed by atoms with E-state index in [1.807, 2.05) is 60.7 Å². The van der Waals surface area contributed by atoms with Crippen LogP contribution in [0.15, 0.2) is 102 Å². The van der Waals surface area contributed by atoms with E-state index in [-0.39, 0.29) is 24.7 Å². The maximum atomic E-state index is 14.2. The molecule has 3 aromatic carbocycles. The molecule has 4 aromatic rings. The molecule has 2 saturated heterocycles. The number of fused-ring (bicyclic) bond motifs is 1. The van der Waals surface area contributed by atoms with Crippen molar-refractivity contribution in [2.24, 2.45) is 7.05 Å². The van der Waals surface area contributed by atoms with E-state index in [1.165, 1.54) is 38.0 Å². The van der Waals surface area contributed by atoms with Crippen molar-refractivity contribution in [2.75, 3.05) is 43.5 Å². The van der Waals surface area contributed by atoms with Crippen LogP contribution in [0.1, 0.15) is 35.8 Å². The zero-order valence-corrected chi connectivity index (χ0v) is 33.8. The Balaban J connectivity index is 1.12. The van der Waals surface area contributed by atoms with Crippen molar-refractivity contribution < 1.29 is 38.2 Å². The van der Waals surface area contributed by atoms with Gasteiger partial charge in [0.1, 0.15) is 17.5 Å². The molecule has 7 rings (SSSR count). The molecule has 2 fully saturated rings. The lowest BCUT2D eigenvalue weighted by atomic mass is 10.0. The molecule has 3 N–H and O–H groups in total. The van der Waals surface area contributed by atoms with Gasteiger partial charge in [0.15, 0.2) is 6.10 Å². The summed E-state index contributed by atoms with van der Waals surface area (Å²) in [4.78, 5) is 84.4. The van der Waals surface area contributed by atoms with Crippen LogP contribution in [0.25, 0.3) is 0 Å². The molecule has 3 atom stereocenters. The number of likely N-dealkylation sites (N-methyl/N-ethyl adjacent to an activating group) is 1. The number of β-lactam (4-membered cyclic amide) rings is 1. The smallest absolute Gasteiger partial charge is 0.421 e. The first-order valence-corrected chi connectivity index (χ1v) is 20.6. The first-order valence-electron chi connectivity index (χ1n) is 18.6. The molecule has 0 aliphatic carbocycles. The summed E-state index contributed by atoms with van der Waals surface area (Å²) >= 11 is 2.63. The highest BCUT2D eigenvalue weighted by Gasteiger charge is 2.55. The monoisotopic (exact) mass is 840 g/mol. The number of tetrazole rings is 1. The Hall–Kier alpha value is -6.41. The van der Waals surface area contributed by atoms with E-state index >= 15 is 0 Å². The average molecular weight is 841 g/mol. The minimum atomic E-state index is -1.38. The van der Waals surface area contributed by atoms with E-state index < -0.39 is 59.4 Å². The number of hydrogen-bond acceptors (Lipinski definition) is 14. The van der Waals surface area contributed by atoms with E-state index in [0.29, 0.717) is 45.4 Å². The number of amides is 6. The molecular formula is C39H40N10O8S2. The summed E-state index contributed by atoms with van der Waals surface area (Å²) in [5.74, 6) is -2.63. The van der Waals surface area contributed by atoms with E-state index in [4.69, 9.17) is 9.47 Å². The summed E-state index contributed by atoms with van der Waals surface area (Å²) in [7, 11) is 3.38. The van der Waals surface area contributed by atoms with Crippen LogP contribution in [0.4, 0.5) is 15.3 Å². The number of carbonyl (C=O) groups is 6. The third kappa shape index (κ3) is 8.72. The Morgan fingerprint density at radius 2 is 1.63 bits per heavy atom. The molecule has 18 nitrogen and oxygen atoms in total. The zero-order valence-electron chi connectivity index (χ0n) is 32.1. The number of nitrogens with one attached hydrogen (secondary N) is 3. The lowest BCUT2D eigenvalue weighted by molar-refractivity contribution is -0.153. The first-order chi connectivity index (χ1) is 28.6. The number of anilines is 1. The van der Waals surface area contributed by atoms with Gasteiger partial charge in [-0.2, -0.15) is 0 Å². The number of aromatic nitrogens is 4. The third-order valence-corrected chi connectivity index (χ3v) is 12.3. The summed E-state index contributed by atoms with van der Waals surface area (Å²) in [6.07, 6.45) is -1.87. The Morgan fingerprint density at radius 3 is 2.27 bits per heavy atom. The van der Waals surface area contributed by atoms with Crippen LogP contribution in [0, 0.1) is 0 Å². The Morgan fingerprint density at radius 1 is 0.932 bits per heavy atom. The van der Waals surface area contributed by atoms with Crippen molar-refractivity contribution in [3.8, 4) is 0 Å². The van der Waals surface area contributed by atoms with Gasteiger partial charge in [0.25, 0.3) is 5.91 Å². The number of nitrogens with zero attached hydrogens (tertiary/aromatic N) is 7. The number of ether oxygens (including phenoxy) is 2. The minimum Gasteiger partial charge on any atom is -0.421 e. The standard InChI is InChI=1S/C39H40N10O8S2/c1-4-47-18-19-48(34(53)33(47)52)37(54)42-28(25-16-11-17-27(20-25)40-2)31(50)41-29-32(51)49-35(26(21-58-36(29)49)22-59-38-43-44-45-46(38)3)57-39(55)56-30(23-12-7-5-8-13-23)24-14-9-6-10-15-24/h5-17,20,28-30,36,40H,4,18-19,21-22H2,1-3H3,(H,41,50)(H,42,54)/t28-,29-,36+/m1/s1.